The van der Waals surface area contributed by atoms with Gasteiger partial charge >= 0.3 is 0 Å². The van der Waals surface area contributed by atoms with Crippen LogP contribution in [0.25, 0.3) is 0 Å². The summed E-state index contributed by atoms with van der Waals surface area (Å²) >= 11 is 0. The summed E-state index contributed by atoms with van der Waals surface area (Å²) in [5.74, 6) is 0. The number of aliphatic hydroxyl groups excluding tert-OH is 1. The van der Waals surface area contributed by atoms with Gasteiger partial charge in [-0.05, 0) is 12.8 Å². The highest BCUT2D eigenvalue weighted by Crippen LogP contribution is 2.08. The predicted molar refractivity (Wildman–Crippen MR) is 57.8 cm³/mol. The zero-order chi connectivity index (χ0) is 11.8. The summed E-state index contributed by atoms with van der Waals surface area (Å²) in [6.07, 6.45) is 1.95. The third kappa shape index (κ3) is 3.55. The van der Waals surface area contributed by atoms with E-state index >= 15 is 0 Å². The predicted octanol–water partition coefficient (Wildman–Crippen LogP) is 0.343. The molecule has 6 nitrogen and oxygen atoms in total. The van der Waals surface area contributed by atoms with Gasteiger partial charge < -0.3 is 14.6 Å². The summed E-state index contributed by atoms with van der Waals surface area (Å²) in [6, 6.07) is 0. The van der Waals surface area contributed by atoms with E-state index in [0.717, 1.165) is 31.7 Å². The summed E-state index contributed by atoms with van der Waals surface area (Å²) in [6.45, 7) is 1.85. The molecule has 1 heterocycles. The maximum Gasteiger partial charge on any atom is 0.114 e. The van der Waals surface area contributed by atoms with Crippen LogP contribution in [0.5, 0.6) is 0 Å². The van der Waals surface area contributed by atoms with Crippen molar-refractivity contribution in [2.24, 2.45) is 0 Å². The topological polar surface area (TPSA) is 69.4 Å². The van der Waals surface area contributed by atoms with Crippen LogP contribution in [-0.2, 0) is 29.2 Å². The Morgan fingerprint density at radius 3 is 2.69 bits per heavy atom. The summed E-state index contributed by atoms with van der Waals surface area (Å²) in [7, 11) is 3.30. The minimum Gasteiger partial charge on any atom is -0.390 e. The Bertz CT molecular complexity index is 301. The molecule has 0 saturated carbocycles. The van der Waals surface area contributed by atoms with Gasteiger partial charge in [-0.1, -0.05) is 5.21 Å². The van der Waals surface area contributed by atoms with Gasteiger partial charge in [-0.25, -0.2) is 4.68 Å². The number of methoxy groups -OCH3 is 2. The van der Waals surface area contributed by atoms with Gasteiger partial charge in [0, 0.05) is 27.4 Å². The molecule has 0 aromatic carbocycles. The standard InChI is InChI=1S/C10H19N3O3/c1-15-6-4-3-5-13-10(8-16-2)9(7-14)11-12-13/h14H,3-8H2,1-2H3. The first-order chi connectivity index (χ1) is 7.83. The Morgan fingerprint density at radius 2 is 2.06 bits per heavy atom. The van der Waals surface area contributed by atoms with E-state index in [1.54, 1.807) is 18.9 Å². The van der Waals surface area contributed by atoms with Crippen molar-refractivity contribution in [2.75, 3.05) is 20.8 Å². The van der Waals surface area contributed by atoms with Crippen molar-refractivity contribution in [1.29, 1.82) is 0 Å². The smallest absolute Gasteiger partial charge is 0.114 e. The molecular formula is C10H19N3O3. The first-order valence-corrected chi connectivity index (χ1v) is 5.33. The number of rotatable bonds is 8. The molecule has 6 heteroatoms. The minimum absolute atomic E-state index is 0.100. The quantitative estimate of drug-likeness (QED) is 0.651. The van der Waals surface area contributed by atoms with Crippen LogP contribution in [0.15, 0.2) is 0 Å². The summed E-state index contributed by atoms with van der Waals surface area (Å²) in [4.78, 5) is 0. The molecule has 0 aliphatic heterocycles. The van der Waals surface area contributed by atoms with E-state index in [4.69, 9.17) is 14.6 Å². The number of hydrogen-bond acceptors (Lipinski definition) is 5. The molecule has 1 rings (SSSR count). The van der Waals surface area contributed by atoms with E-state index < -0.39 is 0 Å². The van der Waals surface area contributed by atoms with Gasteiger partial charge in [0.15, 0.2) is 0 Å². The molecule has 1 aromatic rings. The van der Waals surface area contributed by atoms with Gasteiger partial charge in [0.2, 0.25) is 0 Å². The maximum atomic E-state index is 9.08. The maximum absolute atomic E-state index is 9.08. The molecule has 0 radical (unpaired) electrons. The molecule has 0 spiro atoms. The molecule has 1 N–H and O–H groups in total. The third-order valence-electron chi connectivity index (χ3n) is 2.32. The van der Waals surface area contributed by atoms with Crippen molar-refractivity contribution in [3.63, 3.8) is 0 Å². The highest BCUT2D eigenvalue weighted by Gasteiger charge is 2.11. The van der Waals surface area contributed by atoms with E-state index in [9.17, 15) is 0 Å². The van der Waals surface area contributed by atoms with E-state index in [2.05, 4.69) is 10.3 Å². The Kier molecular flexibility index (Phi) is 5.99. The zero-order valence-corrected chi connectivity index (χ0v) is 9.85. The van der Waals surface area contributed by atoms with Crippen LogP contribution >= 0.6 is 0 Å². The molecule has 1 aromatic heterocycles. The second kappa shape index (κ2) is 7.32. The van der Waals surface area contributed by atoms with Crippen molar-refractivity contribution in [3.8, 4) is 0 Å². The summed E-state index contributed by atoms with van der Waals surface area (Å²) in [5, 5.41) is 17.0. The number of nitrogens with zero attached hydrogens (tertiary/aromatic N) is 3. The highest BCUT2D eigenvalue weighted by atomic mass is 16.5. The Balaban J connectivity index is 2.53. The van der Waals surface area contributed by atoms with Crippen LogP contribution in [0.1, 0.15) is 24.2 Å². The highest BCUT2D eigenvalue weighted by molar-refractivity contribution is 5.07. The van der Waals surface area contributed by atoms with Crippen LogP contribution < -0.4 is 0 Å². The summed E-state index contributed by atoms with van der Waals surface area (Å²) in [5.41, 5.74) is 1.44. The lowest BCUT2D eigenvalue weighted by Crippen LogP contribution is -2.08. The normalized spacial score (nSPS) is 10.9. The molecule has 0 fully saturated rings. The van der Waals surface area contributed by atoms with Gasteiger partial charge in [0.1, 0.15) is 5.69 Å². The number of aromatic nitrogens is 3. The first-order valence-electron chi connectivity index (χ1n) is 5.33. The molecule has 0 bridgehead atoms. The van der Waals surface area contributed by atoms with Crippen molar-refractivity contribution in [2.45, 2.75) is 32.6 Å². The van der Waals surface area contributed by atoms with Gasteiger partial charge in [-0.15, -0.1) is 5.10 Å². The monoisotopic (exact) mass is 229 g/mol. The third-order valence-corrected chi connectivity index (χ3v) is 2.32. The van der Waals surface area contributed by atoms with Crippen LogP contribution in [0.4, 0.5) is 0 Å². The zero-order valence-electron chi connectivity index (χ0n) is 9.85. The van der Waals surface area contributed by atoms with Gasteiger partial charge in [-0.3, -0.25) is 0 Å². The van der Waals surface area contributed by atoms with Gasteiger partial charge in [0.05, 0.1) is 18.9 Å². The number of aryl methyl sites for hydroxylation is 1. The largest absolute Gasteiger partial charge is 0.390 e. The van der Waals surface area contributed by atoms with Crippen LogP contribution in [-0.4, -0.2) is 40.9 Å². The lowest BCUT2D eigenvalue weighted by Gasteiger charge is -2.06. The Labute approximate surface area is 95.2 Å². The van der Waals surface area contributed by atoms with E-state index in [1.807, 2.05) is 0 Å². The molecule has 92 valence electrons. The average Bonchev–Trinajstić information content (AvgIpc) is 2.68. The first kappa shape index (κ1) is 13.1. The summed E-state index contributed by atoms with van der Waals surface area (Å²) < 4.78 is 11.8. The molecular weight excluding hydrogens is 210 g/mol. The Hall–Kier alpha value is -0.980. The number of ether oxygens (including phenoxy) is 2. The van der Waals surface area contributed by atoms with Crippen molar-refractivity contribution in [3.05, 3.63) is 11.4 Å². The average molecular weight is 229 g/mol. The number of hydrogen-bond donors (Lipinski definition) is 1. The van der Waals surface area contributed by atoms with Gasteiger partial charge in [0.25, 0.3) is 0 Å². The molecule has 0 aliphatic carbocycles. The fourth-order valence-electron chi connectivity index (χ4n) is 1.47. The molecule has 0 amide bonds. The fourth-order valence-corrected chi connectivity index (χ4v) is 1.47. The second-order valence-corrected chi connectivity index (χ2v) is 3.50. The van der Waals surface area contributed by atoms with E-state index in [0.29, 0.717) is 12.3 Å². The lowest BCUT2D eigenvalue weighted by atomic mass is 10.3. The molecule has 0 saturated heterocycles. The number of unbranched alkanes of at least 4 members (excludes halogenated alkanes) is 1. The van der Waals surface area contributed by atoms with Gasteiger partial charge in [-0.2, -0.15) is 0 Å². The van der Waals surface area contributed by atoms with Crippen LogP contribution in [0.3, 0.4) is 0 Å². The minimum atomic E-state index is -0.100. The van der Waals surface area contributed by atoms with E-state index in [-0.39, 0.29) is 6.61 Å². The lowest BCUT2D eigenvalue weighted by molar-refractivity contribution is 0.171. The molecule has 0 aliphatic rings. The Morgan fingerprint density at radius 1 is 1.25 bits per heavy atom. The van der Waals surface area contributed by atoms with Crippen LogP contribution in [0, 0.1) is 0 Å². The van der Waals surface area contributed by atoms with E-state index in [1.165, 1.54) is 0 Å². The molecule has 16 heavy (non-hydrogen) atoms. The molecule has 0 unspecified atom stereocenters. The number of aliphatic hydroxyl groups is 1. The SMILES string of the molecule is COCCCCn1nnc(CO)c1COC. The van der Waals surface area contributed by atoms with Crippen LogP contribution in [0.2, 0.25) is 0 Å². The van der Waals surface area contributed by atoms with Crippen molar-refractivity contribution < 1.29 is 14.6 Å². The molecule has 0 atom stereocenters. The second-order valence-electron chi connectivity index (χ2n) is 3.50. The fraction of sp³-hybridized carbons (Fsp3) is 0.800. The van der Waals surface area contributed by atoms with Crippen molar-refractivity contribution in [1.82, 2.24) is 15.0 Å². The van der Waals surface area contributed by atoms with Crippen molar-refractivity contribution >= 4 is 0 Å².